The van der Waals surface area contributed by atoms with E-state index in [-0.39, 0.29) is 26.1 Å². The summed E-state index contributed by atoms with van der Waals surface area (Å²) < 4.78 is 26.6. The van der Waals surface area contributed by atoms with Crippen molar-refractivity contribution in [1.82, 2.24) is 0 Å². The van der Waals surface area contributed by atoms with E-state index in [9.17, 15) is 19.2 Å². The lowest BCUT2D eigenvalue weighted by atomic mass is 10.0. The van der Waals surface area contributed by atoms with Gasteiger partial charge >= 0.3 is 23.9 Å². The van der Waals surface area contributed by atoms with Gasteiger partial charge in [-0.25, -0.2) is 9.59 Å². The minimum Gasteiger partial charge on any atom is -0.489 e. The van der Waals surface area contributed by atoms with E-state index >= 15 is 0 Å². The van der Waals surface area contributed by atoms with Crippen LogP contribution in [-0.4, -0.2) is 37.1 Å². The smallest absolute Gasteiger partial charge is 0.330 e. The van der Waals surface area contributed by atoms with Crippen LogP contribution >= 0.6 is 0 Å². The van der Waals surface area contributed by atoms with Crippen molar-refractivity contribution in [2.75, 3.05) is 13.2 Å². The maximum absolute atomic E-state index is 12.1. The maximum Gasteiger partial charge on any atom is 0.330 e. The summed E-state index contributed by atoms with van der Waals surface area (Å²) in [6.07, 6.45) is 3.13. The number of benzene rings is 5. The third-order valence-corrected chi connectivity index (χ3v) is 8.22. The number of carbonyl (C=O) groups excluding carboxylic acids is 4. The molecule has 0 spiro atoms. The van der Waals surface area contributed by atoms with Crippen LogP contribution in [0.3, 0.4) is 0 Å². The second-order valence-electron chi connectivity index (χ2n) is 12.6. The predicted octanol–water partition coefficient (Wildman–Crippen LogP) is 8.36. The van der Waals surface area contributed by atoms with Gasteiger partial charge in [0.1, 0.15) is 23.9 Å². The van der Waals surface area contributed by atoms with E-state index in [1.165, 1.54) is 0 Å². The van der Waals surface area contributed by atoms with Crippen molar-refractivity contribution >= 4 is 34.6 Å². The molecule has 0 aliphatic carbocycles. The van der Waals surface area contributed by atoms with E-state index in [1.54, 1.807) is 48.5 Å². The van der Waals surface area contributed by atoms with Crippen LogP contribution in [0.5, 0.6) is 17.2 Å². The fourth-order valence-electron chi connectivity index (χ4n) is 5.28. The first-order valence-electron chi connectivity index (χ1n) is 18.2. The molecule has 0 saturated heterocycles. The average molecular weight is 761 g/mol. The molecule has 0 atom stereocenters. The summed E-state index contributed by atoms with van der Waals surface area (Å²) in [6, 6.07) is 32.0. The van der Waals surface area contributed by atoms with Gasteiger partial charge in [0, 0.05) is 47.2 Å². The molecule has 0 amide bonds. The summed E-state index contributed by atoms with van der Waals surface area (Å²) in [5.41, 5.74) is 5.25. The van der Waals surface area contributed by atoms with Crippen LogP contribution in [0.2, 0.25) is 0 Å². The van der Waals surface area contributed by atoms with Gasteiger partial charge in [-0.1, -0.05) is 55.0 Å². The Morgan fingerprint density at radius 1 is 0.561 bits per heavy atom. The van der Waals surface area contributed by atoms with E-state index in [1.807, 2.05) is 49.4 Å². The molecule has 0 bridgehead atoms. The number of hydrogen-bond donors (Lipinski definition) is 0. The van der Waals surface area contributed by atoms with E-state index < -0.39 is 23.9 Å². The molecule has 5 aromatic rings. The molecule has 0 saturated carbocycles. The van der Waals surface area contributed by atoms with Crippen LogP contribution in [0.25, 0.3) is 10.8 Å². The number of carbonyl (C=O) groups is 4. The van der Waals surface area contributed by atoms with Crippen molar-refractivity contribution in [2.24, 2.45) is 0 Å². The summed E-state index contributed by atoms with van der Waals surface area (Å²) in [6.45, 7) is 9.29. The highest BCUT2D eigenvalue weighted by molar-refractivity contribution is 5.85. The summed E-state index contributed by atoms with van der Waals surface area (Å²) in [5.74, 6) is 12.4. The molecule has 9 nitrogen and oxygen atoms in total. The van der Waals surface area contributed by atoms with Crippen LogP contribution in [0.15, 0.2) is 128 Å². The van der Waals surface area contributed by atoms with Crippen molar-refractivity contribution in [3.05, 3.63) is 162 Å². The Hall–Kier alpha value is -7.36. The van der Waals surface area contributed by atoms with Gasteiger partial charge in [0.15, 0.2) is 0 Å². The molecular weight excluding hydrogens is 721 g/mol. The van der Waals surface area contributed by atoms with Gasteiger partial charge in [-0.05, 0) is 127 Å². The SMILES string of the molecule is C=CC(=O)OCCCC(=O)Oc1ccc(C#Cc2ccc(OCc3ccc4cc(C#Cc5ccc(OC(=O)CCCOC(=O)C=C)cc5)ccc4c3)c(C)c2)cc1. The van der Waals surface area contributed by atoms with Gasteiger partial charge in [-0.15, -0.1) is 0 Å². The second-order valence-corrected chi connectivity index (χ2v) is 12.6. The van der Waals surface area contributed by atoms with E-state index in [0.717, 1.165) is 62.1 Å². The average Bonchev–Trinajstić information content (AvgIpc) is 3.22. The highest BCUT2D eigenvalue weighted by Gasteiger charge is 2.08. The van der Waals surface area contributed by atoms with Gasteiger partial charge in [-0.3, -0.25) is 9.59 Å². The van der Waals surface area contributed by atoms with Crippen molar-refractivity contribution in [3.8, 4) is 40.9 Å². The molecule has 0 radical (unpaired) electrons. The minimum atomic E-state index is -0.523. The van der Waals surface area contributed by atoms with Crippen LogP contribution in [-0.2, 0) is 35.3 Å². The summed E-state index contributed by atoms with van der Waals surface area (Å²) in [5, 5.41) is 2.13. The first-order valence-corrected chi connectivity index (χ1v) is 18.2. The van der Waals surface area contributed by atoms with Crippen molar-refractivity contribution < 1.29 is 42.9 Å². The molecule has 0 N–H and O–H groups in total. The number of aryl methyl sites for hydroxylation is 1. The Morgan fingerprint density at radius 2 is 1.02 bits per heavy atom. The lowest BCUT2D eigenvalue weighted by molar-refractivity contribution is -0.140. The molecule has 0 aliphatic heterocycles. The normalized spacial score (nSPS) is 10.1. The Balaban J connectivity index is 1.08. The monoisotopic (exact) mass is 760 g/mol. The number of hydrogen-bond acceptors (Lipinski definition) is 9. The summed E-state index contributed by atoms with van der Waals surface area (Å²) in [7, 11) is 0. The Bertz CT molecular complexity index is 2390. The van der Waals surface area contributed by atoms with Crippen molar-refractivity contribution in [3.63, 3.8) is 0 Å². The number of esters is 4. The zero-order chi connectivity index (χ0) is 40.4. The minimum absolute atomic E-state index is 0.122. The highest BCUT2D eigenvalue weighted by atomic mass is 16.5. The molecule has 286 valence electrons. The topological polar surface area (TPSA) is 114 Å². The molecule has 9 heteroatoms. The predicted molar refractivity (Wildman–Crippen MR) is 216 cm³/mol. The lowest BCUT2D eigenvalue weighted by Crippen LogP contribution is -2.10. The summed E-state index contributed by atoms with van der Waals surface area (Å²) >= 11 is 0. The van der Waals surface area contributed by atoms with Gasteiger partial charge in [0.05, 0.1) is 13.2 Å². The van der Waals surface area contributed by atoms with Crippen LogP contribution < -0.4 is 14.2 Å². The third-order valence-electron chi connectivity index (χ3n) is 8.22. The number of fused-ring (bicyclic) bond motifs is 1. The van der Waals surface area contributed by atoms with Gasteiger partial charge in [-0.2, -0.15) is 0 Å². The number of ether oxygens (including phenoxy) is 5. The molecule has 0 heterocycles. The second kappa shape index (κ2) is 20.9. The fourth-order valence-corrected chi connectivity index (χ4v) is 5.28. The molecule has 0 unspecified atom stereocenters. The molecule has 0 aromatic heterocycles. The first kappa shape index (κ1) is 40.8. The molecule has 0 fully saturated rings. The number of rotatable bonds is 15. The van der Waals surface area contributed by atoms with Crippen LogP contribution in [0.1, 0.15) is 59.1 Å². The third kappa shape index (κ3) is 13.5. The largest absolute Gasteiger partial charge is 0.489 e. The highest BCUT2D eigenvalue weighted by Crippen LogP contribution is 2.23. The molecule has 5 rings (SSSR count). The maximum atomic E-state index is 12.1. The Morgan fingerprint density at radius 3 is 1.54 bits per heavy atom. The molecule has 0 aliphatic rings. The van der Waals surface area contributed by atoms with Gasteiger partial charge < -0.3 is 23.7 Å². The van der Waals surface area contributed by atoms with Crippen molar-refractivity contribution in [1.29, 1.82) is 0 Å². The van der Waals surface area contributed by atoms with Gasteiger partial charge in [0.2, 0.25) is 0 Å². The van der Waals surface area contributed by atoms with Gasteiger partial charge in [0.25, 0.3) is 0 Å². The van der Waals surface area contributed by atoms with E-state index in [0.29, 0.717) is 30.9 Å². The lowest BCUT2D eigenvalue weighted by Gasteiger charge is -2.10. The van der Waals surface area contributed by atoms with E-state index in [2.05, 4.69) is 49.0 Å². The van der Waals surface area contributed by atoms with Crippen LogP contribution in [0, 0.1) is 30.6 Å². The zero-order valence-electron chi connectivity index (χ0n) is 31.5. The standard InChI is InChI=1S/C48H40O9/c1-4-45(49)53-28-6-8-47(51)56-42-23-16-35(17-24-42)10-12-37-20-27-44(34(3)30-37)55-33-39-15-22-40-31-38(14-21-41(40)32-39)13-11-36-18-25-43(26-19-36)57-48(52)9-7-29-54-46(50)5-2/h4-5,14-27,30-32H,1-2,6-9,28-29,33H2,3H3. The zero-order valence-corrected chi connectivity index (χ0v) is 31.5. The Kier molecular flexibility index (Phi) is 15.0. The van der Waals surface area contributed by atoms with Crippen molar-refractivity contribution in [2.45, 2.75) is 39.2 Å². The molecule has 57 heavy (non-hydrogen) atoms. The Labute approximate surface area is 331 Å². The first-order chi connectivity index (χ1) is 27.7. The van der Waals surface area contributed by atoms with E-state index in [4.69, 9.17) is 23.7 Å². The molecular formula is C48H40O9. The quantitative estimate of drug-likeness (QED) is 0.0342. The summed E-state index contributed by atoms with van der Waals surface area (Å²) in [4.78, 5) is 46.2. The fraction of sp³-hybridized carbons (Fsp3) is 0.167. The van der Waals surface area contributed by atoms with Crippen LogP contribution in [0.4, 0.5) is 0 Å². The molecule has 5 aromatic carbocycles.